The van der Waals surface area contributed by atoms with Gasteiger partial charge in [-0.3, -0.25) is 28.8 Å². The molecule has 9 heterocycles. The number of amides is 1. The Labute approximate surface area is 756 Å². The van der Waals surface area contributed by atoms with Crippen LogP contribution in [-0.2, 0) is 66.3 Å². The van der Waals surface area contributed by atoms with Crippen LogP contribution in [0.3, 0.4) is 0 Å². The van der Waals surface area contributed by atoms with Gasteiger partial charge in [0.1, 0.15) is 21.6 Å². The fourth-order valence-electron chi connectivity index (χ4n) is 13.0. The highest BCUT2D eigenvalue weighted by atomic mass is 32.2. The Bertz CT molecular complexity index is 5030. The van der Waals surface area contributed by atoms with Crippen molar-refractivity contribution < 1.29 is 4.79 Å². The molecule has 32 heteroatoms. The normalized spacial score (nSPS) is 13.7. The van der Waals surface area contributed by atoms with Gasteiger partial charge in [0.25, 0.3) is 27.8 Å². The van der Waals surface area contributed by atoms with Crippen LogP contribution < -0.4 is 27.8 Å². The highest BCUT2D eigenvalue weighted by Crippen LogP contribution is 2.24. The Morgan fingerprint density at radius 3 is 0.719 bits per heavy atom. The summed E-state index contributed by atoms with van der Waals surface area (Å²) in [4.78, 5) is 85.4. The zero-order valence-electron chi connectivity index (χ0n) is 68.6. The third kappa shape index (κ3) is 32.4. The molecule has 14 rings (SSSR count). The summed E-state index contributed by atoms with van der Waals surface area (Å²) in [6.07, 6.45) is 18.7. The van der Waals surface area contributed by atoms with Crippen molar-refractivity contribution in [1.29, 1.82) is 0 Å². The van der Waals surface area contributed by atoms with E-state index in [9.17, 15) is 28.8 Å². The van der Waals surface area contributed by atoms with Crippen LogP contribution in [0.5, 0.6) is 0 Å². The standard InChI is InChI=1S/C19H22N4O2S2.2C18H21N3OS2.C17H19N3OS2.C17H21N3OS2/c1-15(24)21-7-9-22(10-8-21)19(26)27-14-17-11-18(25)23(20-12-17)13-16-5-3-2-4-6-16;2*22-17-11-16(14-24-18(23)20-9-5-2-6-10-20)12-19-21(17)13-15-7-3-1-4-8-15;21-16-10-15(13-23-17(22)19-8-4-5-9-19)11-18-20(16)12-14-6-2-1-3-7-14;1-3-19(4-2)17(22)23-13-15-10-16(21)20(18-11-15)12-14-8-6-5-7-9-14/h2-6,11-12H,7-10,13-14H2,1H3;2*1,3-4,7-8,11-12H,2,5-6,9-10,13-14H2;1-3,6-7,10-11H,4-5,8-9,12-13H2;5-11H,3-4,12-13H2,1-2H3. The van der Waals surface area contributed by atoms with Gasteiger partial charge < -0.3 is 29.4 Å². The van der Waals surface area contributed by atoms with Crippen LogP contribution in [0.2, 0.25) is 0 Å². The van der Waals surface area contributed by atoms with Gasteiger partial charge in [0, 0.05) is 145 Å². The van der Waals surface area contributed by atoms with Crippen molar-refractivity contribution in [1.82, 2.24) is 78.3 Å². The second-order valence-corrected chi connectivity index (χ2v) is 37.0. The van der Waals surface area contributed by atoms with Gasteiger partial charge in [-0.1, -0.05) is 272 Å². The van der Waals surface area contributed by atoms with Crippen molar-refractivity contribution in [3.8, 4) is 0 Å². The number of nitrogens with zero attached hydrogens (tertiary/aromatic N) is 16. The van der Waals surface area contributed by atoms with Crippen molar-refractivity contribution in [3.05, 3.63) is 320 Å². The van der Waals surface area contributed by atoms with Crippen LogP contribution in [0.15, 0.2) is 237 Å². The number of carbonyl (C=O) groups excluding carboxylic acids is 1. The van der Waals surface area contributed by atoms with Crippen molar-refractivity contribution in [3.63, 3.8) is 0 Å². The SMILES string of the molecule is CC(=O)N1CCN(C(=S)SCc2cnn(Cc3ccccc3)c(=O)c2)CC1.CCN(CC)C(=S)SCc1cnn(Cc2ccccc2)c(=O)c1.O=c1cc(CSC(=S)N2CCCC2)cnn1Cc1ccccc1.O=c1cc(CSC(=S)N2CCCCC2)cnn1Cc1ccccc1.O=c1cc(CSC(=S)N2CCCCC2)cnn1Cc1ccccc1. The van der Waals surface area contributed by atoms with Crippen LogP contribution >= 0.6 is 120 Å². The first-order chi connectivity index (χ1) is 58.8. The summed E-state index contributed by atoms with van der Waals surface area (Å²) >= 11 is 35.3. The van der Waals surface area contributed by atoms with Gasteiger partial charge in [-0.2, -0.15) is 25.5 Å². The number of rotatable bonds is 22. The van der Waals surface area contributed by atoms with Crippen molar-refractivity contribution >= 4 is 147 Å². The van der Waals surface area contributed by atoms with E-state index in [4.69, 9.17) is 61.1 Å². The Hall–Kier alpha value is -8.83. The Morgan fingerprint density at radius 2 is 0.504 bits per heavy atom. The first kappa shape index (κ1) is 94.4. The maximum atomic E-state index is 12.3. The van der Waals surface area contributed by atoms with Crippen LogP contribution in [0.25, 0.3) is 0 Å². The zero-order valence-corrected chi connectivity index (χ0v) is 76.8. The van der Waals surface area contributed by atoms with Crippen molar-refractivity contribution in [2.75, 3.05) is 78.5 Å². The quantitative estimate of drug-likeness (QED) is 0.0577. The van der Waals surface area contributed by atoms with Gasteiger partial charge in [-0.15, -0.1) is 0 Å². The molecular weight excluding hydrogens is 1710 g/mol. The van der Waals surface area contributed by atoms with E-state index in [1.165, 1.54) is 86.5 Å². The molecule has 4 saturated heterocycles. The third-order valence-corrected chi connectivity index (χ3v) is 27.9. The summed E-state index contributed by atoms with van der Waals surface area (Å²) in [7, 11) is 0. The minimum absolute atomic E-state index is 0.0687. The topological polar surface area (TPSA) is 211 Å². The lowest BCUT2D eigenvalue weighted by molar-refractivity contribution is -0.130. The first-order valence-electron chi connectivity index (χ1n) is 40.7. The molecule has 4 aliphatic heterocycles. The number of carbonyl (C=O) groups is 1. The number of hydrogen-bond acceptors (Lipinski definition) is 21. The molecule has 4 aliphatic rings. The minimum Gasteiger partial charge on any atom is -0.358 e. The molecule has 5 aromatic carbocycles. The van der Waals surface area contributed by atoms with E-state index in [-0.39, 0.29) is 33.7 Å². The number of piperidine rings is 2. The zero-order chi connectivity index (χ0) is 85.5. The van der Waals surface area contributed by atoms with Crippen LogP contribution in [0.4, 0.5) is 0 Å². The number of thiocarbonyl (C=S) groups is 5. The number of likely N-dealkylation sites (tertiary alicyclic amines) is 3. The second kappa shape index (κ2) is 51.3. The molecule has 121 heavy (non-hydrogen) atoms. The number of aromatic nitrogens is 10. The number of benzene rings is 5. The molecule has 0 atom stereocenters. The van der Waals surface area contributed by atoms with Crippen LogP contribution in [0, 0.1) is 0 Å². The summed E-state index contributed by atoms with van der Waals surface area (Å²) in [5.41, 5.74) is 9.44. The predicted octanol–water partition coefficient (Wildman–Crippen LogP) is 14.6. The molecule has 4 fully saturated rings. The molecule has 0 spiro atoms. The molecular formula is C89H104N16O6S10. The molecule has 0 N–H and O–H groups in total. The molecule has 0 radical (unpaired) electrons. The molecule has 5 aromatic heterocycles. The van der Waals surface area contributed by atoms with E-state index in [0.717, 1.165) is 143 Å². The summed E-state index contributed by atoms with van der Waals surface area (Å²) in [6, 6.07) is 57.5. The number of hydrogen-bond donors (Lipinski definition) is 0. The fraction of sp³-hybridized carbons (Fsp3) is 0.371. The second-order valence-electron chi connectivity index (χ2n) is 29.0. The summed E-state index contributed by atoms with van der Waals surface area (Å²) in [6.45, 7) is 19.3. The molecule has 636 valence electrons. The van der Waals surface area contributed by atoms with Gasteiger partial charge in [-0.05, 0) is 121 Å². The van der Waals surface area contributed by atoms with E-state index in [0.29, 0.717) is 74.6 Å². The molecule has 22 nitrogen and oxygen atoms in total. The third-order valence-electron chi connectivity index (χ3n) is 19.9. The lowest BCUT2D eigenvalue weighted by Crippen LogP contribution is -2.49. The van der Waals surface area contributed by atoms with Crippen molar-refractivity contribution in [2.45, 2.75) is 134 Å². The van der Waals surface area contributed by atoms with Gasteiger partial charge in [0.15, 0.2) is 0 Å². The van der Waals surface area contributed by atoms with E-state index in [2.05, 4.69) is 63.8 Å². The van der Waals surface area contributed by atoms with E-state index >= 15 is 0 Å². The molecule has 0 unspecified atom stereocenters. The monoisotopic (exact) mass is 1810 g/mol. The van der Waals surface area contributed by atoms with Gasteiger partial charge in [-0.25, -0.2) is 23.4 Å². The maximum absolute atomic E-state index is 12.3. The highest BCUT2D eigenvalue weighted by molar-refractivity contribution is 8.23. The summed E-state index contributed by atoms with van der Waals surface area (Å²) in [5.74, 6) is 3.48. The first-order valence-corrected chi connectivity index (χ1v) is 47.6. The van der Waals surface area contributed by atoms with Gasteiger partial charge >= 0.3 is 0 Å². The van der Waals surface area contributed by atoms with E-state index < -0.39 is 0 Å². The summed E-state index contributed by atoms with van der Waals surface area (Å²) < 4.78 is 11.9. The minimum atomic E-state index is -0.113. The average molecular weight is 1810 g/mol. The van der Waals surface area contributed by atoms with Crippen LogP contribution in [0.1, 0.15) is 128 Å². The summed E-state index contributed by atoms with van der Waals surface area (Å²) in [5, 5.41) is 21.4. The Kier molecular flexibility index (Phi) is 40.0. The van der Waals surface area contributed by atoms with Gasteiger partial charge in [0.2, 0.25) is 5.91 Å². The molecule has 0 saturated carbocycles. The van der Waals surface area contributed by atoms with E-state index in [1.807, 2.05) is 157 Å². The molecule has 0 aliphatic carbocycles. The average Bonchev–Trinajstić information content (AvgIpc) is 1.24. The lowest BCUT2D eigenvalue weighted by atomic mass is 10.1. The fourth-order valence-corrected chi connectivity index (χ4v) is 19.1. The van der Waals surface area contributed by atoms with Crippen molar-refractivity contribution in [2.24, 2.45) is 0 Å². The number of piperazine rings is 1. The molecule has 10 aromatic rings. The maximum Gasteiger partial charge on any atom is 0.267 e. The van der Waals surface area contributed by atoms with E-state index in [1.54, 1.807) is 115 Å². The molecule has 0 bridgehead atoms. The lowest BCUT2D eigenvalue weighted by Gasteiger charge is -2.35. The Morgan fingerprint density at radius 1 is 0.298 bits per heavy atom. The van der Waals surface area contributed by atoms with Gasteiger partial charge in [0.05, 0.1) is 63.7 Å². The van der Waals surface area contributed by atoms with Crippen LogP contribution in [-0.4, -0.2) is 184 Å². The largest absolute Gasteiger partial charge is 0.358 e. The predicted molar refractivity (Wildman–Crippen MR) is 518 cm³/mol. The number of thioether (sulfide) groups is 5. The smallest absolute Gasteiger partial charge is 0.267 e. The Balaban J connectivity index is 0.000000159. The highest BCUT2D eigenvalue weighted by Gasteiger charge is 2.22. The molecule has 1 amide bonds.